The molecule has 0 spiro atoms. The minimum atomic E-state index is -3.43. The van der Waals surface area contributed by atoms with Crippen LogP contribution in [-0.2, 0) is 10.0 Å². The topological polar surface area (TPSA) is 83.5 Å². The molecule has 17 heavy (non-hydrogen) atoms. The van der Waals surface area contributed by atoms with Crippen molar-refractivity contribution in [2.75, 3.05) is 4.72 Å². The molecule has 1 aliphatic carbocycles. The number of hydrogen-bond acceptors (Lipinski definition) is 3. The summed E-state index contributed by atoms with van der Waals surface area (Å²) in [5.74, 6) is -1.13. The Morgan fingerprint density at radius 2 is 2.06 bits per heavy atom. The van der Waals surface area contributed by atoms with E-state index in [0.717, 1.165) is 0 Å². The lowest BCUT2D eigenvalue weighted by atomic mass is 10.1. The Balaban J connectivity index is 2.39. The van der Waals surface area contributed by atoms with Crippen LogP contribution >= 0.6 is 0 Å². The molecule has 5 nitrogen and oxygen atoms in total. The quantitative estimate of drug-likeness (QED) is 0.856. The highest BCUT2D eigenvalue weighted by molar-refractivity contribution is 7.93. The summed E-state index contributed by atoms with van der Waals surface area (Å²) in [5.41, 5.74) is 0.689. The number of carbonyl (C=O) groups is 1. The van der Waals surface area contributed by atoms with Gasteiger partial charge in [0.1, 0.15) is 0 Å². The maximum Gasteiger partial charge on any atom is 0.338 e. The molecule has 0 heterocycles. The van der Waals surface area contributed by atoms with Crippen LogP contribution in [0.25, 0.3) is 0 Å². The molecule has 2 rings (SSSR count). The molecule has 1 aliphatic rings. The van der Waals surface area contributed by atoms with Crippen molar-refractivity contribution in [3.63, 3.8) is 0 Å². The molecule has 1 saturated carbocycles. The largest absolute Gasteiger partial charge is 0.478 e. The number of rotatable bonds is 4. The number of sulfonamides is 1. The van der Waals surface area contributed by atoms with Gasteiger partial charge in [0, 0.05) is 0 Å². The molecule has 0 unspecified atom stereocenters. The first kappa shape index (κ1) is 11.9. The van der Waals surface area contributed by atoms with Crippen LogP contribution in [-0.4, -0.2) is 24.7 Å². The molecule has 1 aromatic carbocycles. The number of nitrogens with one attached hydrogen (secondary N) is 1. The third-order valence-corrected chi connectivity index (χ3v) is 4.56. The molecule has 0 bridgehead atoms. The SMILES string of the molecule is Cc1cccc(NS(=O)(=O)C2CC2)c1C(=O)O. The standard InChI is InChI=1S/C11H13NO4S/c1-7-3-2-4-9(10(7)11(13)14)12-17(15,16)8-5-6-8/h2-4,8,12H,5-6H2,1H3,(H,13,14). The minimum absolute atomic E-state index is 0.0109. The zero-order chi connectivity index (χ0) is 12.6. The van der Waals surface area contributed by atoms with Crippen molar-refractivity contribution < 1.29 is 18.3 Å². The molecule has 6 heteroatoms. The zero-order valence-electron chi connectivity index (χ0n) is 9.30. The van der Waals surface area contributed by atoms with Crippen molar-refractivity contribution in [3.8, 4) is 0 Å². The van der Waals surface area contributed by atoms with Crippen molar-refractivity contribution in [1.82, 2.24) is 0 Å². The normalized spacial score (nSPS) is 15.6. The van der Waals surface area contributed by atoms with Crippen LogP contribution in [0.15, 0.2) is 18.2 Å². The highest BCUT2D eigenvalue weighted by Crippen LogP contribution is 2.31. The number of carboxylic acid groups (broad SMARTS) is 1. The Bertz CT molecular complexity index is 561. The average molecular weight is 255 g/mol. The summed E-state index contributed by atoms with van der Waals surface area (Å²) in [6, 6.07) is 4.74. The summed E-state index contributed by atoms with van der Waals surface area (Å²) in [4.78, 5) is 11.1. The van der Waals surface area contributed by atoms with Crippen molar-refractivity contribution >= 4 is 21.7 Å². The van der Waals surface area contributed by atoms with E-state index in [2.05, 4.69) is 4.72 Å². The van der Waals surface area contributed by atoms with Crippen LogP contribution in [0.2, 0.25) is 0 Å². The van der Waals surface area contributed by atoms with Gasteiger partial charge in [0.25, 0.3) is 0 Å². The third kappa shape index (κ3) is 2.41. The number of aromatic carboxylic acids is 1. The highest BCUT2D eigenvalue weighted by atomic mass is 32.2. The van der Waals surface area contributed by atoms with Crippen LogP contribution in [0.5, 0.6) is 0 Å². The number of carboxylic acids is 1. The third-order valence-electron chi connectivity index (χ3n) is 2.70. The summed E-state index contributed by atoms with van der Waals surface area (Å²) >= 11 is 0. The molecule has 1 aromatic rings. The smallest absolute Gasteiger partial charge is 0.338 e. The summed E-state index contributed by atoms with van der Waals surface area (Å²) in [5, 5.41) is 8.69. The molecule has 0 atom stereocenters. The molecule has 0 aliphatic heterocycles. The molecule has 2 N–H and O–H groups in total. The van der Waals surface area contributed by atoms with Crippen LogP contribution in [0, 0.1) is 6.92 Å². The van der Waals surface area contributed by atoms with Crippen LogP contribution < -0.4 is 4.72 Å². The number of anilines is 1. The number of aryl methyl sites for hydroxylation is 1. The van der Waals surface area contributed by atoms with E-state index in [1.165, 1.54) is 6.07 Å². The predicted molar refractivity (Wildman–Crippen MR) is 63.7 cm³/mol. The Morgan fingerprint density at radius 1 is 1.41 bits per heavy atom. The molecule has 92 valence electrons. The number of hydrogen-bond donors (Lipinski definition) is 2. The van der Waals surface area contributed by atoms with Gasteiger partial charge in [0.15, 0.2) is 0 Å². The molecular formula is C11H13NO4S. The molecule has 1 fully saturated rings. The average Bonchev–Trinajstić information content (AvgIpc) is 2.98. The van der Waals surface area contributed by atoms with E-state index in [1.54, 1.807) is 19.1 Å². The van der Waals surface area contributed by atoms with Crippen molar-refractivity contribution in [1.29, 1.82) is 0 Å². The van der Waals surface area contributed by atoms with E-state index in [-0.39, 0.29) is 16.5 Å². The van der Waals surface area contributed by atoms with E-state index in [9.17, 15) is 13.2 Å². The van der Waals surface area contributed by atoms with Gasteiger partial charge < -0.3 is 5.11 Å². The van der Waals surface area contributed by atoms with E-state index < -0.39 is 16.0 Å². The van der Waals surface area contributed by atoms with Gasteiger partial charge in [-0.2, -0.15) is 0 Å². The van der Waals surface area contributed by atoms with Gasteiger partial charge >= 0.3 is 5.97 Å². The summed E-state index contributed by atoms with van der Waals surface area (Å²) < 4.78 is 25.9. The Kier molecular flexibility index (Phi) is 2.82. The second-order valence-electron chi connectivity index (χ2n) is 4.15. The Hall–Kier alpha value is -1.56. The van der Waals surface area contributed by atoms with Gasteiger partial charge in [-0.15, -0.1) is 0 Å². The summed E-state index contributed by atoms with van der Waals surface area (Å²) in [7, 11) is -3.43. The first-order chi connectivity index (χ1) is 7.92. The Labute approximate surface area is 99.5 Å². The zero-order valence-corrected chi connectivity index (χ0v) is 10.1. The van der Waals surface area contributed by atoms with E-state index in [1.807, 2.05) is 0 Å². The fourth-order valence-electron chi connectivity index (χ4n) is 1.65. The first-order valence-electron chi connectivity index (χ1n) is 5.26. The molecule has 0 amide bonds. The fourth-order valence-corrected chi connectivity index (χ4v) is 3.05. The van der Waals surface area contributed by atoms with Crippen LogP contribution in [0.4, 0.5) is 5.69 Å². The molecule has 0 saturated heterocycles. The lowest BCUT2D eigenvalue weighted by molar-refractivity contribution is 0.0697. The fraction of sp³-hybridized carbons (Fsp3) is 0.364. The van der Waals surface area contributed by atoms with E-state index >= 15 is 0 Å². The Morgan fingerprint density at radius 3 is 2.59 bits per heavy atom. The van der Waals surface area contributed by atoms with Gasteiger partial charge in [-0.3, -0.25) is 4.72 Å². The van der Waals surface area contributed by atoms with Crippen molar-refractivity contribution in [2.45, 2.75) is 25.0 Å². The first-order valence-corrected chi connectivity index (χ1v) is 6.81. The van der Waals surface area contributed by atoms with Crippen LogP contribution in [0.1, 0.15) is 28.8 Å². The van der Waals surface area contributed by atoms with Gasteiger partial charge in [0.2, 0.25) is 10.0 Å². The second-order valence-corrected chi connectivity index (χ2v) is 6.11. The minimum Gasteiger partial charge on any atom is -0.478 e. The van der Waals surface area contributed by atoms with Gasteiger partial charge in [-0.25, -0.2) is 13.2 Å². The van der Waals surface area contributed by atoms with Gasteiger partial charge in [-0.05, 0) is 31.4 Å². The predicted octanol–water partition coefficient (Wildman–Crippen LogP) is 1.60. The van der Waals surface area contributed by atoms with Crippen molar-refractivity contribution in [2.24, 2.45) is 0 Å². The van der Waals surface area contributed by atoms with Gasteiger partial charge in [0.05, 0.1) is 16.5 Å². The molecular weight excluding hydrogens is 242 g/mol. The van der Waals surface area contributed by atoms with Gasteiger partial charge in [-0.1, -0.05) is 12.1 Å². The summed E-state index contributed by atoms with van der Waals surface area (Å²) in [6.45, 7) is 1.64. The molecule has 0 radical (unpaired) electrons. The monoisotopic (exact) mass is 255 g/mol. The van der Waals surface area contributed by atoms with E-state index in [4.69, 9.17) is 5.11 Å². The lowest BCUT2D eigenvalue weighted by Crippen LogP contribution is -2.19. The lowest BCUT2D eigenvalue weighted by Gasteiger charge is -2.11. The van der Waals surface area contributed by atoms with Crippen LogP contribution in [0.3, 0.4) is 0 Å². The maximum atomic E-state index is 11.7. The maximum absolute atomic E-state index is 11.7. The second kappa shape index (κ2) is 4.03. The number of benzene rings is 1. The molecule has 0 aromatic heterocycles. The van der Waals surface area contributed by atoms with E-state index in [0.29, 0.717) is 18.4 Å². The highest BCUT2D eigenvalue weighted by Gasteiger charge is 2.36. The summed E-state index contributed by atoms with van der Waals surface area (Å²) in [6.07, 6.45) is 1.28. The van der Waals surface area contributed by atoms with Crippen molar-refractivity contribution in [3.05, 3.63) is 29.3 Å².